The minimum atomic E-state index is -5.08. The summed E-state index contributed by atoms with van der Waals surface area (Å²) >= 11 is 1.54. The molecular weight excluding hydrogens is 545 g/mol. The maximum atomic E-state index is 11.1. The average Bonchev–Trinajstić information content (AvgIpc) is 3.35. The van der Waals surface area contributed by atoms with Crippen molar-refractivity contribution in [3.8, 4) is 27.2 Å². The number of alkyl halides is 3. The molecule has 1 fully saturated rings. The van der Waals surface area contributed by atoms with E-state index in [1.54, 1.807) is 0 Å². The third-order valence-corrected chi connectivity index (χ3v) is 7.34. The molecule has 1 aliphatic heterocycles. The van der Waals surface area contributed by atoms with Crippen LogP contribution in [0.3, 0.4) is 0 Å². The quantitative estimate of drug-likeness (QED) is 0.353. The Morgan fingerprint density at radius 3 is 2.33 bits per heavy atom. The zero-order chi connectivity index (χ0) is 29.6. The van der Waals surface area contributed by atoms with Crippen LogP contribution in [0.4, 0.5) is 13.2 Å². The van der Waals surface area contributed by atoms with Crippen molar-refractivity contribution in [1.29, 1.82) is 5.26 Å². The summed E-state index contributed by atoms with van der Waals surface area (Å²) in [6.45, 7) is 8.37. The van der Waals surface area contributed by atoms with Crippen LogP contribution in [0.25, 0.3) is 21.1 Å². The summed E-state index contributed by atoms with van der Waals surface area (Å²) in [5.74, 6) is -3.24. The highest BCUT2D eigenvalue weighted by atomic mass is 32.1. The molecule has 1 saturated heterocycles. The Bertz CT molecular complexity index is 1410. The molecule has 0 aliphatic carbocycles. The molecule has 0 spiro atoms. The van der Waals surface area contributed by atoms with Gasteiger partial charge in [0.2, 0.25) is 0 Å². The first-order valence-electron chi connectivity index (χ1n) is 12.6. The summed E-state index contributed by atoms with van der Waals surface area (Å²) in [6.07, 6.45) is -3.35. The largest absolute Gasteiger partial charge is 0.490 e. The fourth-order valence-electron chi connectivity index (χ4n) is 4.38. The number of halogens is 3. The summed E-state index contributed by atoms with van der Waals surface area (Å²) in [5.41, 5.74) is 6.19. The highest BCUT2D eigenvalue weighted by Crippen LogP contribution is 2.35. The summed E-state index contributed by atoms with van der Waals surface area (Å²) in [7, 11) is 0. The molecule has 1 aromatic heterocycles. The number of aliphatic carboxylic acids is 2. The first-order valence-corrected chi connectivity index (χ1v) is 13.4. The number of carboxylic acid groups (broad SMARTS) is 2. The van der Waals surface area contributed by atoms with E-state index >= 15 is 0 Å². The van der Waals surface area contributed by atoms with E-state index in [2.05, 4.69) is 54.1 Å². The lowest BCUT2D eigenvalue weighted by atomic mass is 9.95. The van der Waals surface area contributed by atoms with Gasteiger partial charge in [-0.1, -0.05) is 62.4 Å². The molecule has 0 atom stereocenters. The first kappa shape index (κ1) is 30.7. The molecule has 0 bridgehead atoms. The van der Waals surface area contributed by atoms with E-state index in [9.17, 15) is 23.2 Å². The predicted octanol–water partition coefficient (Wildman–Crippen LogP) is 5.65. The summed E-state index contributed by atoms with van der Waals surface area (Å²) in [5, 5.41) is 36.5. The van der Waals surface area contributed by atoms with Gasteiger partial charge in [0.05, 0.1) is 17.6 Å². The summed E-state index contributed by atoms with van der Waals surface area (Å²) in [6, 6.07) is 14.5. The fourth-order valence-corrected chi connectivity index (χ4v) is 5.27. The van der Waals surface area contributed by atoms with Crippen molar-refractivity contribution >= 4 is 23.3 Å². The van der Waals surface area contributed by atoms with Gasteiger partial charge in [-0.2, -0.15) is 18.4 Å². The summed E-state index contributed by atoms with van der Waals surface area (Å²) in [4.78, 5) is 22.2. The Morgan fingerprint density at radius 2 is 1.77 bits per heavy atom. The van der Waals surface area contributed by atoms with Gasteiger partial charge in [0, 0.05) is 30.8 Å². The molecule has 2 heterocycles. The molecule has 40 heavy (non-hydrogen) atoms. The van der Waals surface area contributed by atoms with Crippen LogP contribution in [-0.4, -0.2) is 56.5 Å². The van der Waals surface area contributed by atoms with Crippen LogP contribution in [0.2, 0.25) is 0 Å². The zero-order valence-corrected chi connectivity index (χ0v) is 23.0. The number of hydrogen-bond donors (Lipinski definition) is 2. The molecule has 8 nitrogen and oxygen atoms in total. The molecule has 3 aromatic rings. The number of benzene rings is 2. The molecule has 1 aliphatic rings. The topological polar surface area (TPSA) is 127 Å². The molecular formula is C28H29F3N4O4S. The normalized spacial score (nSPS) is 13.8. The van der Waals surface area contributed by atoms with E-state index in [0.717, 1.165) is 46.1 Å². The predicted molar refractivity (Wildman–Crippen MR) is 144 cm³/mol. The van der Waals surface area contributed by atoms with Crippen molar-refractivity contribution in [2.45, 2.75) is 46.3 Å². The fraction of sp³-hybridized carbons (Fsp3) is 0.393. The maximum Gasteiger partial charge on any atom is 0.490 e. The van der Waals surface area contributed by atoms with Crippen LogP contribution in [0, 0.1) is 23.2 Å². The van der Waals surface area contributed by atoms with Crippen molar-refractivity contribution < 1.29 is 33.0 Å². The number of carboxylic acids is 2. The minimum absolute atomic E-state index is 0.255. The number of nitriles is 1. The van der Waals surface area contributed by atoms with E-state index < -0.39 is 18.1 Å². The Balaban J connectivity index is 0.000000559. The van der Waals surface area contributed by atoms with Gasteiger partial charge < -0.3 is 10.2 Å². The summed E-state index contributed by atoms with van der Waals surface area (Å²) < 4.78 is 31.7. The minimum Gasteiger partial charge on any atom is -0.481 e. The van der Waals surface area contributed by atoms with Crippen LogP contribution >= 0.6 is 11.3 Å². The second-order valence-electron chi connectivity index (χ2n) is 9.82. The SMILES string of the molecule is CCc1c(CN2CC(C(=O)O)C2)cccc1-c1nnc(-c2ccc(CC(C)C)c(C#N)c2)s1.O=C(O)C(F)(F)F. The molecule has 4 rings (SSSR count). The van der Waals surface area contributed by atoms with E-state index in [4.69, 9.17) is 15.0 Å². The highest BCUT2D eigenvalue weighted by Gasteiger charge is 2.38. The Kier molecular flexibility index (Phi) is 10.0. The molecule has 12 heteroatoms. The Morgan fingerprint density at radius 1 is 1.12 bits per heavy atom. The number of carbonyl (C=O) groups is 2. The van der Waals surface area contributed by atoms with Gasteiger partial charge in [0.25, 0.3) is 0 Å². The van der Waals surface area contributed by atoms with Gasteiger partial charge in [-0.3, -0.25) is 9.69 Å². The van der Waals surface area contributed by atoms with Gasteiger partial charge >= 0.3 is 18.1 Å². The van der Waals surface area contributed by atoms with Crippen LogP contribution < -0.4 is 0 Å². The number of nitrogens with zero attached hydrogens (tertiary/aromatic N) is 4. The molecule has 2 aromatic carbocycles. The number of aromatic nitrogens is 2. The lowest BCUT2D eigenvalue weighted by Gasteiger charge is -2.37. The smallest absolute Gasteiger partial charge is 0.481 e. The van der Waals surface area contributed by atoms with Crippen molar-refractivity contribution in [3.63, 3.8) is 0 Å². The van der Waals surface area contributed by atoms with Crippen molar-refractivity contribution in [3.05, 3.63) is 58.7 Å². The average molecular weight is 575 g/mol. The lowest BCUT2D eigenvalue weighted by molar-refractivity contribution is -0.192. The third-order valence-electron chi connectivity index (χ3n) is 6.33. The number of hydrogen-bond acceptors (Lipinski definition) is 7. The van der Waals surface area contributed by atoms with Crippen LogP contribution in [0.15, 0.2) is 36.4 Å². The van der Waals surface area contributed by atoms with Crippen molar-refractivity contribution in [2.24, 2.45) is 11.8 Å². The van der Waals surface area contributed by atoms with Crippen molar-refractivity contribution in [2.75, 3.05) is 13.1 Å². The second kappa shape index (κ2) is 13.0. The van der Waals surface area contributed by atoms with Crippen LogP contribution in [-0.2, 0) is 29.0 Å². The molecule has 0 unspecified atom stereocenters. The van der Waals surface area contributed by atoms with Crippen LogP contribution in [0.1, 0.15) is 43.0 Å². The van der Waals surface area contributed by atoms with Gasteiger partial charge in [-0.05, 0) is 41.5 Å². The molecule has 0 radical (unpaired) electrons. The number of likely N-dealkylation sites (tertiary alicyclic amines) is 1. The first-order chi connectivity index (χ1) is 18.8. The molecule has 0 saturated carbocycles. The van der Waals surface area contributed by atoms with E-state index in [0.29, 0.717) is 24.6 Å². The molecule has 2 N–H and O–H groups in total. The Hall–Kier alpha value is -3.82. The van der Waals surface area contributed by atoms with E-state index in [-0.39, 0.29) is 5.92 Å². The highest BCUT2D eigenvalue weighted by molar-refractivity contribution is 7.17. The maximum absolute atomic E-state index is 11.1. The lowest BCUT2D eigenvalue weighted by Crippen LogP contribution is -2.49. The molecule has 212 valence electrons. The van der Waals surface area contributed by atoms with E-state index in [1.165, 1.54) is 22.5 Å². The van der Waals surface area contributed by atoms with Gasteiger partial charge in [0.1, 0.15) is 10.0 Å². The zero-order valence-electron chi connectivity index (χ0n) is 22.2. The second-order valence-corrected chi connectivity index (χ2v) is 10.8. The molecule has 0 amide bonds. The van der Waals surface area contributed by atoms with Crippen molar-refractivity contribution in [1.82, 2.24) is 15.1 Å². The van der Waals surface area contributed by atoms with Gasteiger partial charge in [-0.15, -0.1) is 10.2 Å². The third kappa shape index (κ3) is 7.64. The monoisotopic (exact) mass is 574 g/mol. The Labute approximate surface area is 233 Å². The van der Waals surface area contributed by atoms with Gasteiger partial charge in [-0.25, -0.2) is 4.79 Å². The standard InChI is InChI=1S/C26H28N4O2S.C2HF3O2/c1-4-22-19(13-30-14-21(15-30)26(31)32)6-5-7-23(22)25-29-28-24(33-25)18-9-8-17(10-16(2)3)20(11-18)12-27;3-2(4,5)1(6)7/h5-9,11,16,21H,4,10,13-15H2,1-3H3,(H,31,32);(H,6,7). The van der Waals surface area contributed by atoms with Gasteiger partial charge in [0.15, 0.2) is 0 Å². The van der Waals surface area contributed by atoms with Crippen LogP contribution in [0.5, 0.6) is 0 Å². The number of rotatable bonds is 8. The van der Waals surface area contributed by atoms with E-state index in [1.807, 2.05) is 24.3 Å².